The van der Waals surface area contributed by atoms with Crippen LogP contribution in [0.4, 0.5) is 4.39 Å². The van der Waals surface area contributed by atoms with Crippen LogP contribution < -0.4 is 0 Å². The van der Waals surface area contributed by atoms with Crippen LogP contribution in [0.1, 0.15) is 25.1 Å². The molecule has 0 amide bonds. The highest BCUT2D eigenvalue weighted by atomic mass is 19.1. The minimum atomic E-state index is -1.03. The Hall–Kier alpha value is -1.82. The van der Waals surface area contributed by atoms with Gasteiger partial charge in [0.25, 0.3) is 0 Å². The molecule has 2 heterocycles. The molecule has 2 aromatic heterocycles. The first kappa shape index (κ1) is 11.7. The molecule has 1 N–H and O–H groups in total. The first-order valence-corrected chi connectivity index (χ1v) is 5.17. The van der Waals surface area contributed by atoms with Crippen LogP contribution in [0.15, 0.2) is 24.7 Å². The van der Waals surface area contributed by atoms with Crippen molar-refractivity contribution in [3.05, 3.63) is 41.7 Å². The molecule has 0 saturated carbocycles. The molecule has 0 aliphatic carbocycles. The first-order valence-electron chi connectivity index (χ1n) is 5.17. The largest absolute Gasteiger partial charge is 0.384 e. The molecule has 0 bridgehead atoms. The van der Waals surface area contributed by atoms with Crippen LogP contribution in [0.25, 0.3) is 0 Å². The first-order chi connectivity index (χ1) is 7.95. The van der Waals surface area contributed by atoms with Crippen LogP contribution in [0, 0.1) is 5.82 Å². The molecule has 0 fully saturated rings. The van der Waals surface area contributed by atoms with Crippen molar-refractivity contribution in [3.63, 3.8) is 0 Å². The zero-order valence-corrected chi connectivity index (χ0v) is 9.63. The number of aromatic nitrogens is 4. The quantitative estimate of drug-likeness (QED) is 0.866. The fraction of sp³-hybridized carbons (Fsp3) is 0.364. The van der Waals surface area contributed by atoms with E-state index in [1.807, 2.05) is 0 Å². The fourth-order valence-electron chi connectivity index (χ4n) is 1.39. The van der Waals surface area contributed by atoms with Crippen LogP contribution in [-0.4, -0.2) is 25.1 Å². The number of hydrogen-bond acceptors (Lipinski definition) is 4. The summed E-state index contributed by atoms with van der Waals surface area (Å²) in [4.78, 5) is 3.75. The van der Waals surface area contributed by atoms with Gasteiger partial charge in [0.15, 0.2) is 0 Å². The molecule has 17 heavy (non-hydrogen) atoms. The summed E-state index contributed by atoms with van der Waals surface area (Å²) in [7, 11) is 0. The second-order valence-corrected chi connectivity index (χ2v) is 4.37. The van der Waals surface area contributed by atoms with Crippen molar-refractivity contribution < 1.29 is 9.50 Å². The number of halogens is 1. The molecule has 2 rings (SSSR count). The van der Waals surface area contributed by atoms with E-state index in [4.69, 9.17) is 0 Å². The lowest BCUT2D eigenvalue weighted by atomic mass is 10.1. The average molecular weight is 236 g/mol. The molecule has 2 aromatic rings. The lowest BCUT2D eigenvalue weighted by molar-refractivity contribution is 0.0737. The van der Waals surface area contributed by atoms with Crippen molar-refractivity contribution in [1.29, 1.82) is 0 Å². The van der Waals surface area contributed by atoms with Crippen LogP contribution in [0.3, 0.4) is 0 Å². The van der Waals surface area contributed by atoms with E-state index in [2.05, 4.69) is 15.3 Å². The van der Waals surface area contributed by atoms with Gasteiger partial charge in [-0.3, -0.25) is 4.98 Å². The second-order valence-electron chi connectivity index (χ2n) is 4.37. The molecule has 0 aliphatic rings. The molecule has 0 aromatic carbocycles. The van der Waals surface area contributed by atoms with Crippen molar-refractivity contribution in [2.75, 3.05) is 0 Å². The van der Waals surface area contributed by atoms with Crippen LogP contribution in [0.2, 0.25) is 0 Å². The molecule has 6 heteroatoms. The third-order valence-corrected chi connectivity index (χ3v) is 2.27. The normalized spacial score (nSPS) is 11.8. The SMILES string of the molecule is CC(C)(O)c1cn(Cc2cncc(F)c2)nn1. The predicted octanol–water partition coefficient (Wildman–Crippen LogP) is 1.09. The van der Waals surface area contributed by atoms with E-state index in [1.54, 1.807) is 26.2 Å². The minimum Gasteiger partial charge on any atom is -0.384 e. The van der Waals surface area contributed by atoms with Gasteiger partial charge in [-0.1, -0.05) is 5.21 Å². The second kappa shape index (κ2) is 4.21. The highest BCUT2D eigenvalue weighted by Crippen LogP contribution is 2.16. The molecule has 0 saturated heterocycles. The van der Waals surface area contributed by atoms with Gasteiger partial charge in [-0.25, -0.2) is 9.07 Å². The highest BCUT2D eigenvalue weighted by Gasteiger charge is 2.19. The van der Waals surface area contributed by atoms with Gasteiger partial charge in [0.2, 0.25) is 0 Å². The molecule has 5 nitrogen and oxygen atoms in total. The maximum absolute atomic E-state index is 12.9. The van der Waals surface area contributed by atoms with E-state index in [-0.39, 0.29) is 5.82 Å². The smallest absolute Gasteiger partial charge is 0.141 e. The Kier molecular flexibility index (Phi) is 2.89. The van der Waals surface area contributed by atoms with E-state index in [9.17, 15) is 9.50 Å². The fourth-order valence-corrected chi connectivity index (χ4v) is 1.39. The summed E-state index contributed by atoms with van der Waals surface area (Å²) in [5, 5.41) is 17.4. The molecular formula is C11H13FN4O. The molecule has 0 atom stereocenters. The zero-order chi connectivity index (χ0) is 12.5. The maximum Gasteiger partial charge on any atom is 0.141 e. The number of rotatable bonds is 3. The summed E-state index contributed by atoms with van der Waals surface area (Å²) in [6.45, 7) is 3.63. The monoisotopic (exact) mass is 236 g/mol. The summed E-state index contributed by atoms with van der Waals surface area (Å²) in [6.07, 6.45) is 4.34. The van der Waals surface area contributed by atoms with Gasteiger partial charge < -0.3 is 5.11 Å². The van der Waals surface area contributed by atoms with E-state index < -0.39 is 5.60 Å². The minimum absolute atomic E-state index is 0.369. The number of hydrogen-bond donors (Lipinski definition) is 1. The molecule has 0 aliphatic heterocycles. The molecule has 0 radical (unpaired) electrons. The Balaban J connectivity index is 2.17. The van der Waals surface area contributed by atoms with Crippen molar-refractivity contribution in [2.24, 2.45) is 0 Å². The molecule has 0 spiro atoms. The predicted molar refractivity (Wildman–Crippen MR) is 58.6 cm³/mol. The average Bonchev–Trinajstić information content (AvgIpc) is 2.65. The van der Waals surface area contributed by atoms with Crippen molar-refractivity contribution in [2.45, 2.75) is 26.0 Å². The Bertz CT molecular complexity index is 518. The van der Waals surface area contributed by atoms with Crippen LogP contribution in [-0.2, 0) is 12.1 Å². The number of aliphatic hydroxyl groups is 1. The zero-order valence-electron chi connectivity index (χ0n) is 9.63. The third kappa shape index (κ3) is 2.85. The third-order valence-electron chi connectivity index (χ3n) is 2.27. The molecular weight excluding hydrogens is 223 g/mol. The van der Waals surface area contributed by atoms with E-state index >= 15 is 0 Å². The van der Waals surface area contributed by atoms with Gasteiger partial charge in [0, 0.05) is 6.20 Å². The van der Waals surface area contributed by atoms with Crippen molar-refractivity contribution in [1.82, 2.24) is 20.0 Å². The number of nitrogens with zero attached hydrogens (tertiary/aromatic N) is 4. The lowest BCUT2D eigenvalue weighted by Crippen LogP contribution is -2.15. The topological polar surface area (TPSA) is 63.8 Å². The highest BCUT2D eigenvalue weighted by molar-refractivity contribution is 5.11. The Labute approximate surface area is 97.9 Å². The van der Waals surface area contributed by atoms with E-state index in [1.165, 1.54) is 10.7 Å². The molecule has 90 valence electrons. The van der Waals surface area contributed by atoms with Crippen LogP contribution >= 0.6 is 0 Å². The summed E-state index contributed by atoms with van der Waals surface area (Å²) < 4.78 is 14.4. The van der Waals surface area contributed by atoms with Crippen LogP contribution in [0.5, 0.6) is 0 Å². The van der Waals surface area contributed by atoms with E-state index in [0.29, 0.717) is 17.8 Å². The summed E-state index contributed by atoms with van der Waals surface area (Å²) in [6, 6.07) is 1.39. The lowest BCUT2D eigenvalue weighted by Gasteiger charge is -2.11. The Morgan fingerprint density at radius 3 is 2.76 bits per heavy atom. The Morgan fingerprint density at radius 2 is 2.18 bits per heavy atom. The number of pyridine rings is 1. The van der Waals surface area contributed by atoms with Gasteiger partial charge in [-0.15, -0.1) is 5.10 Å². The van der Waals surface area contributed by atoms with Gasteiger partial charge in [-0.05, 0) is 25.5 Å². The van der Waals surface area contributed by atoms with Crippen molar-refractivity contribution >= 4 is 0 Å². The van der Waals surface area contributed by atoms with Gasteiger partial charge in [0.1, 0.15) is 17.1 Å². The maximum atomic E-state index is 12.9. The van der Waals surface area contributed by atoms with Gasteiger partial charge in [0.05, 0.1) is 18.9 Å². The van der Waals surface area contributed by atoms with E-state index in [0.717, 1.165) is 6.20 Å². The Morgan fingerprint density at radius 1 is 1.41 bits per heavy atom. The van der Waals surface area contributed by atoms with Gasteiger partial charge in [-0.2, -0.15) is 0 Å². The summed E-state index contributed by atoms with van der Waals surface area (Å²) in [5.74, 6) is -0.384. The van der Waals surface area contributed by atoms with Gasteiger partial charge >= 0.3 is 0 Å². The summed E-state index contributed by atoms with van der Waals surface area (Å²) >= 11 is 0. The van der Waals surface area contributed by atoms with Crippen molar-refractivity contribution in [3.8, 4) is 0 Å². The molecule has 0 unspecified atom stereocenters. The summed E-state index contributed by atoms with van der Waals surface area (Å²) in [5.41, 5.74) is 0.136. The standard InChI is InChI=1S/C11H13FN4O/c1-11(2,17)10-7-16(15-14-10)6-8-3-9(12)5-13-4-8/h3-5,7,17H,6H2,1-2H3.